The Kier molecular flexibility index (Phi) is 5.15. The van der Waals surface area contributed by atoms with Crippen LogP contribution in [0.3, 0.4) is 0 Å². The fourth-order valence-electron chi connectivity index (χ4n) is 0.771. The first kappa shape index (κ1) is 12.9. The summed E-state index contributed by atoms with van der Waals surface area (Å²) in [6.07, 6.45) is 0. The molecule has 0 heterocycles. The topological polar surface area (TPSA) is 67.4 Å². The minimum atomic E-state index is -0.509. The monoisotopic (exact) mass is 202 g/mol. The summed E-state index contributed by atoms with van der Waals surface area (Å²) in [7, 11) is 1.66. The van der Waals surface area contributed by atoms with Crippen molar-refractivity contribution < 1.29 is 14.3 Å². The van der Waals surface area contributed by atoms with Crippen molar-refractivity contribution in [3.05, 3.63) is 0 Å². The van der Waals surface area contributed by atoms with Gasteiger partial charge in [-0.15, -0.1) is 0 Å². The van der Waals surface area contributed by atoms with Crippen molar-refractivity contribution in [2.45, 2.75) is 26.4 Å². The number of nitrogens with one attached hydrogen (secondary N) is 2. The molecule has 0 radical (unpaired) electrons. The van der Waals surface area contributed by atoms with Gasteiger partial charge in [-0.25, -0.2) is 0 Å². The van der Waals surface area contributed by atoms with Crippen molar-refractivity contribution in [3.63, 3.8) is 0 Å². The first-order valence-corrected chi connectivity index (χ1v) is 4.48. The van der Waals surface area contributed by atoms with Gasteiger partial charge in [0, 0.05) is 0 Å². The molecule has 82 valence electrons. The lowest BCUT2D eigenvalue weighted by Crippen LogP contribution is -2.38. The molecule has 0 saturated carbocycles. The summed E-state index contributed by atoms with van der Waals surface area (Å²) >= 11 is 0. The third-order valence-electron chi connectivity index (χ3n) is 1.19. The number of esters is 1. The zero-order valence-electron chi connectivity index (χ0n) is 9.14. The molecule has 0 saturated heterocycles. The molecule has 0 aliphatic rings. The van der Waals surface area contributed by atoms with Crippen LogP contribution in [0, 0.1) is 0 Å². The van der Waals surface area contributed by atoms with Crippen LogP contribution in [-0.2, 0) is 14.3 Å². The Bertz CT molecular complexity index is 209. The van der Waals surface area contributed by atoms with Crippen molar-refractivity contribution in [1.29, 1.82) is 0 Å². The lowest BCUT2D eigenvalue weighted by Gasteiger charge is -2.19. The molecule has 0 aromatic rings. The summed E-state index contributed by atoms with van der Waals surface area (Å²) in [4.78, 5) is 22.0. The molecule has 0 aliphatic heterocycles. The van der Waals surface area contributed by atoms with E-state index in [1.807, 2.05) is 0 Å². The van der Waals surface area contributed by atoms with Crippen molar-refractivity contribution >= 4 is 11.9 Å². The van der Waals surface area contributed by atoms with E-state index in [2.05, 4.69) is 10.6 Å². The predicted octanol–water partition coefficient (Wildman–Crippen LogP) is -0.336. The van der Waals surface area contributed by atoms with Gasteiger partial charge in [0.05, 0.1) is 6.54 Å². The van der Waals surface area contributed by atoms with E-state index < -0.39 is 11.6 Å². The normalized spacial score (nSPS) is 10.9. The maximum Gasteiger partial charge on any atom is 0.325 e. The lowest BCUT2D eigenvalue weighted by atomic mass is 10.2. The molecular weight excluding hydrogens is 184 g/mol. The van der Waals surface area contributed by atoms with Gasteiger partial charge in [-0.2, -0.15) is 0 Å². The molecule has 0 aromatic carbocycles. The van der Waals surface area contributed by atoms with E-state index in [-0.39, 0.29) is 19.0 Å². The summed E-state index contributed by atoms with van der Waals surface area (Å²) in [5.41, 5.74) is -0.509. The Morgan fingerprint density at radius 2 is 1.79 bits per heavy atom. The molecule has 1 amide bonds. The minimum Gasteiger partial charge on any atom is -0.459 e. The van der Waals surface area contributed by atoms with E-state index in [0.717, 1.165) is 0 Å². The molecule has 0 fully saturated rings. The van der Waals surface area contributed by atoms with Crippen LogP contribution in [-0.4, -0.2) is 37.6 Å². The SMILES string of the molecule is CNCC(=O)NCC(=O)OC(C)(C)C. The molecule has 0 aromatic heterocycles. The maximum atomic E-state index is 11.1. The molecular formula is C9H18N2O3. The molecule has 0 unspecified atom stereocenters. The van der Waals surface area contributed by atoms with E-state index in [4.69, 9.17) is 4.74 Å². The van der Waals surface area contributed by atoms with Gasteiger partial charge in [-0.3, -0.25) is 9.59 Å². The highest BCUT2D eigenvalue weighted by Crippen LogP contribution is 2.05. The quantitative estimate of drug-likeness (QED) is 0.612. The fourth-order valence-corrected chi connectivity index (χ4v) is 0.771. The lowest BCUT2D eigenvalue weighted by molar-refractivity contribution is -0.154. The van der Waals surface area contributed by atoms with E-state index in [1.165, 1.54) is 0 Å². The van der Waals surface area contributed by atoms with E-state index in [9.17, 15) is 9.59 Å². The van der Waals surface area contributed by atoms with E-state index in [1.54, 1.807) is 27.8 Å². The highest BCUT2D eigenvalue weighted by atomic mass is 16.6. The number of carbonyl (C=O) groups excluding carboxylic acids is 2. The molecule has 0 bridgehead atoms. The van der Waals surface area contributed by atoms with Gasteiger partial charge in [0.15, 0.2) is 0 Å². The molecule has 2 N–H and O–H groups in total. The van der Waals surface area contributed by atoms with Gasteiger partial charge in [0.1, 0.15) is 12.1 Å². The van der Waals surface area contributed by atoms with Gasteiger partial charge in [0.2, 0.25) is 5.91 Å². The smallest absolute Gasteiger partial charge is 0.325 e. The molecule has 5 heteroatoms. The van der Waals surface area contributed by atoms with Crippen LogP contribution in [0.25, 0.3) is 0 Å². The second kappa shape index (κ2) is 5.59. The van der Waals surface area contributed by atoms with Crippen LogP contribution < -0.4 is 10.6 Å². The predicted molar refractivity (Wildman–Crippen MR) is 52.8 cm³/mol. The Morgan fingerprint density at radius 3 is 2.21 bits per heavy atom. The Balaban J connectivity index is 3.70. The largest absolute Gasteiger partial charge is 0.459 e. The average Bonchev–Trinajstić information content (AvgIpc) is 1.98. The molecule has 14 heavy (non-hydrogen) atoms. The summed E-state index contributed by atoms with van der Waals surface area (Å²) in [6, 6.07) is 0. The summed E-state index contributed by atoms with van der Waals surface area (Å²) in [5, 5.41) is 5.11. The van der Waals surface area contributed by atoms with Crippen molar-refractivity contribution in [1.82, 2.24) is 10.6 Å². The zero-order valence-corrected chi connectivity index (χ0v) is 9.14. The van der Waals surface area contributed by atoms with Crippen LogP contribution in [0.4, 0.5) is 0 Å². The van der Waals surface area contributed by atoms with Crippen LogP contribution >= 0.6 is 0 Å². The summed E-state index contributed by atoms with van der Waals surface area (Å²) < 4.78 is 4.99. The molecule has 5 nitrogen and oxygen atoms in total. The highest BCUT2D eigenvalue weighted by Gasteiger charge is 2.16. The minimum absolute atomic E-state index is 0.0855. The van der Waals surface area contributed by atoms with Crippen LogP contribution in [0.2, 0.25) is 0 Å². The van der Waals surface area contributed by atoms with Crippen molar-refractivity contribution in [2.75, 3.05) is 20.1 Å². The number of carbonyl (C=O) groups is 2. The van der Waals surface area contributed by atoms with Gasteiger partial charge in [0.25, 0.3) is 0 Å². The van der Waals surface area contributed by atoms with Gasteiger partial charge >= 0.3 is 5.97 Å². The molecule has 0 spiro atoms. The Hall–Kier alpha value is -1.10. The fraction of sp³-hybridized carbons (Fsp3) is 0.778. The third-order valence-corrected chi connectivity index (χ3v) is 1.19. The first-order chi connectivity index (χ1) is 6.35. The van der Waals surface area contributed by atoms with E-state index >= 15 is 0 Å². The van der Waals surface area contributed by atoms with Crippen LogP contribution in [0.15, 0.2) is 0 Å². The second-order valence-electron chi connectivity index (χ2n) is 3.89. The summed E-state index contributed by atoms with van der Waals surface area (Å²) in [6.45, 7) is 5.45. The second-order valence-corrected chi connectivity index (χ2v) is 3.89. The van der Waals surface area contributed by atoms with Crippen molar-refractivity contribution in [3.8, 4) is 0 Å². The molecule has 0 aliphatic carbocycles. The number of rotatable bonds is 4. The number of hydrogen-bond donors (Lipinski definition) is 2. The Labute approximate surface area is 84.2 Å². The number of hydrogen-bond acceptors (Lipinski definition) is 4. The van der Waals surface area contributed by atoms with Crippen LogP contribution in [0.1, 0.15) is 20.8 Å². The zero-order chi connectivity index (χ0) is 11.2. The number of amides is 1. The Morgan fingerprint density at radius 1 is 1.21 bits per heavy atom. The van der Waals surface area contributed by atoms with Crippen molar-refractivity contribution in [2.24, 2.45) is 0 Å². The summed E-state index contributed by atoms with van der Waals surface area (Å²) in [5.74, 6) is -0.652. The van der Waals surface area contributed by atoms with Gasteiger partial charge in [-0.1, -0.05) is 0 Å². The molecule has 0 atom stereocenters. The maximum absolute atomic E-state index is 11.1. The van der Waals surface area contributed by atoms with Gasteiger partial charge in [-0.05, 0) is 27.8 Å². The average molecular weight is 202 g/mol. The van der Waals surface area contributed by atoms with Crippen LogP contribution in [0.5, 0.6) is 0 Å². The number of ether oxygens (including phenoxy) is 1. The first-order valence-electron chi connectivity index (χ1n) is 4.48. The molecule has 0 rings (SSSR count). The standard InChI is InChI=1S/C9H18N2O3/c1-9(2,3)14-8(13)6-11-7(12)5-10-4/h10H,5-6H2,1-4H3,(H,11,12). The highest BCUT2D eigenvalue weighted by molar-refractivity contribution is 5.83. The number of likely N-dealkylation sites (N-methyl/N-ethyl adjacent to an activating group) is 1. The van der Waals surface area contributed by atoms with Gasteiger partial charge < -0.3 is 15.4 Å². The third kappa shape index (κ3) is 7.54. The van der Waals surface area contributed by atoms with E-state index in [0.29, 0.717) is 0 Å².